The van der Waals surface area contributed by atoms with Crippen LogP contribution in [0.1, 0.15) is 30.1 Å². The van der Waals surface area contributed by atoms with Gasteiger partial charge >= 0.3 is 0 Å². The molecule has 0 spiro atoms. The van der Waals surface area contributed by atoms with Gasteiger partial charge in [0.2, 0.25) is 0 Å². The van der Waals surface area contributed by atoms with Crippen LogP contribution in [0.3, 0.4) is 0 Å². The fourth-order valence-electron chi connectivity index (χ4n) is 3.53. The fraction of sp³-hybridized carbons (Fsp3) is 0.148. The normalized spacial score (nSPS) is 13.2. The van der Waals surface area contributed by atoms with E-state index in [2.05, 4.69) is 17.6 Å². The maximum absolute atomic E-state index is 12.9. The van der Waals surface area contributed by atoms with E-state index in [0.29, 0.717) is 40.0 Å². The van der Waals surface area contributed by atoms with Crippen LogP contribution in [0.5, 0.6) is 5.75 Å². The van der Waals surface area contributed by atoms with Crippen molar-refractivity contribution in [1.29, 1.82) is 0 Å². The Morgan fingerprint density at radius 3 is 2.42 bits per heavy atom. The first-order chi connectivity index (χ1) is 17.4. The molecule has 3 aromatic rings. The fourth-order valence-corrected chi connectivity index (χ4v) is 3.92. The maximum Gasteiger partial charge on any atom is 0.283 e. The number of unbranched alkanes of at least 4 members (excludes halogenated alkanes) is 1. The third-order valence-electron chi connectivity index (χ3n) is 5.40. The van der Waals surface area contributed by atoms with Crippen LogP contribution in [0, 0.1) is 0 Å². The van der Waals surface area contributed by atoms with Crippen LogP contribution in [-0.4, -0.2) is 24.3 Å². The molecule has 9 heteroatoms. The highest BCUT2D eigenvalue weighted by molar-refractivity contribution is 6.53. The Kier molecular flexibility index (Phi) is 7.93. The Hall–Kier alpha value is -3.81. The van der Waals surface area contributed by atoms with Crippen LogP contribution in [0.25, 0.3) is 0 Å². The number of benzene rings is 3. The summed E-state index contributed by atoms with van der Waals surface area (Å²) in [5, 5.41) is 5.90. The molecule has 0 saturated carbocycles. The second-order valence-electron chi connectivity index (χ2n) is 7.97. The van der Waals surface area contributed by atoms with Crippen molar-refractivity contribution in [3.05, 3.63) is 94.1 Å². The number of rotatable bonds is 9. The minimum atomic E-state index is -0.651. The number of amides is 3. The van der Waals surface area contributed by atoms with Gasteiger partial charge in [-0.15, -0.1) is 0 Å². The minimum Gasteiger partial charge on any atom is -0.491 e. The average molecular weight is 524 g/mol. The zero-order chi connectivity index (χ0) is 25.7. The van der Waals surface area contributed by atoms with Gasteiger partial charge in [0.1, 0.15) is 16.5 Å². The molecule has 3 aromatic carbocycles. The van der Waals surface area contributed by atoms with Crippen LogP contribution in [0.2, 0.25) is 5.02 Å². The lowest BCUT2D eigenvalue weighted by atomic mass is 10.1. The number of halogens is 2. The molecule has 0 saturated heterocycles. The maximum atomic E-state index is 12.9. The second kappa shape index (κ2) is 11.3. The summed E-state index contributed by atoms with van der Waals surface area (Å²) in [6.07, 6.45) is 1.93. The molecule has 0 aromatic heterocycles. The van der Waals surface area contributed by atoms with E-state index < -0.39 is 11.8 Å². The van der Waals surface area contributed by atoms with E-state index in [1.165, 1.54) is 6.07 Å². The van der Waals surface area contributed by atoms with E-state index in [-0.39, 0.29) is 16.6 Å². The lowest BCUT2D eigenvalue weighted by Gasteiger charge is -2.15. The lowest BCUT2D eigenvalue weighted by Crippen LogP contribution is -2.32. The highest BCUT2D eigenvalue weighted by atomic mass is 35.5. The SMILES string of the molecule is CCCCOc1ccccc1NC(=O)c1ccc(NC2=C(Cl)C(=O)N(c3cccc(Cl)c3)C2=O)cc1. The van der Waals surface area contributed by atoms with E-state index >= 15 is 0 Å². The van der Waals surface area contributed by atoms with E-state index in [0.717, 1.165) is 17.7 Å². The predicted molar refractivity (Wildman–Crippen MR) is 142 cm³/mol. The molecule has 36 heavy (non-hydrogen) atoms. The molecule has 0 aliphatic carbocycles. The van der Waals surface area contributed by atoms with Crippen molar-refractivity contribution in [2.24, 2.45) is 0 Å². The standard InChI is InChI=1S/C27H23Cl2N3O4/c1-2-3-15-36-22-10-5-4-9-21(22)31-25(33)17-11-13-19(14-12-17)30-24-23(29)26(34)32(27(24)35)20-8-6-7-18(28)16-20/h4-14,16,30H,2-3,15H2,1H3,(H,31,33). The monoisotopic (exact) mass is 523 g/mol. The van der Waals surface area contributed by atoms with Crippen molar-refractivity contribution in [2.75, 3.05) is 22.1 Å². The first kappa shape index (κ1) is 25.3. The van der Waals surface area contributed by atoms with Gasteiger partial charge in [0, 0.05) is 16.3 Å². The van der Waals surface area contributed by atoms with E-state index in [9.17, 15) is 14.4 Å². The molecule has 0 bridgehead atoms. The average Bonchev–Trinajstić information content (AvgIpc) is 3.08. The van der Waals surface area contributed by atoms with Crippen molar-refractivity contribution in [3.63, 3.8) is 0 Å². The van der Waals surface area contributed by atoms with Gasteiger partial charge in [-0.1, -0.05) is 54.7 Å². The van der Waals surface area contributed by atoms with Crippen molar-refractivity contribution in [3.8, 4) is 5.75 Å². The van der Waals surface area contributed by atoms with Gasteiger partial charge in [-0.3, -0.25) is 14.4 Å². The zero-order valence-corrected chi connectivity index (χ0v) is 20.9. The second-order valence-corrected chi connectivity index (χ2v) is 8.78. The van der Waals surface area contributed by atoms with Gasteiger partial charge in [0.15, 0.2) is 0 Å². The number of hydrogen-bond acceptors (Lipinski definition) is 5. The van der Waals surface area contributed by atoms with Crippen LogP contribution in [0.15, 0.2) is 83.5 Å². The van der Waals surface area contributed by atoms with Gasteiger partial charge in [0.25, 0.3) is 17.7 Å². The molecule has 1 aliphatic rings. The quantitative estimate of drug-likeness (QED) is 0.257. The zero-order valence-electron chi connectivity index (χ0n) is 19.4. The third kappa shape index (κ3) is 5.53. The van der Waals surface area contributed by atoms with Gasteiger partial charge in [-0.05, 0) is 61.0 Å². The van der Waals surface area contributed by atoms with Crippen molar-refractivity contribution in [1.82, 2.24) is 0 Å². The predicted octanol–water partition coefficient (Wildman–Crippen LogP) is 6.21. The summed E-state index contributed by atoms with van der Waals surface area (Å²) in [6.45, 7) is 2.65. The molecule has 3 amide bonds. The smallest absolute Gasteiger partial charge is 0.283 e. The molecular formula is C27H23Cl2N3O4. The molecule has 2 N–H and O–H groups in total. The van der Waals surface area contributed by atoms with Gasteiger partial charge in [-0.2, -0.15) is 0 Å². The van der Waals surface area contributed by atoms with Crippen LogP contribution >= 0.6 is 23.2 Å². The Bertz CT molecular complexity index is 1340. The van der Waals surface area contributed by atoms with E-state index in [4.69, 9.17) is 27.9 Å². The highest BCUT2D eigenvalue weighted by Gasteiger charge is 2.39. The largest absolute Gasteiger partial charge is 0.491 e. The van der Waals surface area contributed by atoms with Crippen molar-refractivity contribution in [2.45, 2.75) is 19.8 Å². The summed E-state index contributed by atoms with van der Waals surface area (Å²) in [4.78, 5) is 39.3. The van der Waals surface area contributed by atoms with Crippen molar-refractivity contribution >= 4 is 58.0 Å². The summed E-state index contributed by atoms with van der Waals surface area (Å²) < 4.78 is 5.77. The number of para-hydroxylation sites is 2. The molecule has 4 rings (SSSR count). The van der Waals surface area contributed by atoms with Crippen LogP contribution in [-0.2, 0) is 9.59 Å². The summed E-state index contributed by atoms with van der Waals surface area (Å²) >= 11 is 12.2. The molecule has 0 fully saturated rings. The number of hydrogen-bond donors (Lipinski definition) is 2. The summed E-state index contributed by atoms with van der Waals surface area (Å²) in [5.74, 6) is -0.964. The molecule has 0 atom stereocenters. The highest BCUT2D eigenvalue weighted by Crippen LogP contribution is 2.31. The molecular weight excluding hydrogens is 501 g/mol. The van der Waals surface area contributed by atoms with Gasteiger partial charge in [-0.25, -0.2) is 4.90 Å². The molecule has 1 aliphatic heterocycles. The third-order valence-corrected chi connectivity index (χ3v) is 5.99. The number of ether oxygens (including phenoxy) is 1. The Balaban J connectivity index is 1.45. The van der Waals surface area contributed by atoms with Crippen molar-refractivity contribution < 1.29 is 19.1 Å². The molecule has 1 heterocycles. The number of carbonyl (C=O) groups excluding carboxylic acids is 3. The minimum absolute atomic E-state index is 0.0583. The Labute approximate surface area is 218 Å². The first-order valence-corrected chi connectivity index (χ1v) is 12.1. The number of imide groups is 1. The molecule has 184 valence electrons. The first-order valence-electron chi connectivity index (χ1n) is 11.3. The van der Waals surface area contributed by atoms with E-state index in [1.54, 1.807) is 48.5 Å². The molecule has 0 unspecified atom stereocenters. The summed E-state index contributed by atoms with van der Waals surface area (Å²) in [5.41, 5.74) is 1.72. The number of anilines is 3. The Morgan fingerprint density at radius 2 is 1.69 bits per heavy atom. The lowest BCUT2D eigenvalue weighted by molar-refractivity contribution is -0.120. The summed E-state index contributed by atoms with van der Waals surface area (Å²) in [6, 6.07) is 20.1. The summed E-state index contributed by atoms with van der Waals surface area (Å²) in [7, 11) is 0. The molecule has 7 nitrogen and oxygen atoms in total. The number of nitrogens with one attached hydrogen (secondary N) is 2. The topological polar surface area (TPSA) is 87.7 Å². The Morgan fingerprint density at radius 1 is 0.944 bits per heavy atom. The molecule has 0 radical (unpaired) electrons. The van der Waals surface area contributed by atoms with Gasteiger partial charge in [0.05, 0.1) is 18.0 Å². The number of carbonyl (C=O) groups is 3. The van der Waals surface area contributed by atoms with Gasteiger partial charge < -0.3 is 15.4 Å². The number of nitrogens with zero attached hydrogens (tertiary/aromatic N) is 1. The van der Waals surface area contributed by atoms with E-state index in [1.807, 2.05) is 18.2 Å². The van der Waals surface area contributed by atoms with Crippen LogP contribution in [0.4, 0.5) is 17.1 Å². The van der Waals surface area contributed by atoms with Crippen LogP contribution < -0.4 is 20.3 Å².